The smallest absolute Gasteiger partial charge is 0.305 e. The third-order valence-corrected chi connectivity index (χ3v) is 3.22. The molecule has 132 valence electrons. The fourth-order valence-corrected chi connectivity index (χ4v) is 2.09. The van der Waals surface area contributed by atoms with Crippen molar-refractivity contribution >= 4 is 0 Å². The van der Waals surface area contributed by atoms with E-state index in [4.69, 9.17) is 0 Å². The van der Waals surface area contributed by atoms with Crippen LogP contribution in [0.1, 0.15) is 0 Å². The molecule has 0 spiro atoms. The molecule has 0 amide bonds. The molecule has 0 N–H and O–H groups in total. The molecule has 0 aliphatic carbocycles. The summed E-state index contributed by atoms with van der Waals surface area (Å²) in [6.45, 7) is 0. The molecule has 2 aromatic heterocycles. The molecule has 0 bridgehead atoms. The molecule has 0 atom stereocenters. The fraction of sp³-hybridized carbons (Fsp3) is 0. The van der Waals surface area contributed by atoms with E-state index in [0.717, 1.165) is 23.4 Å². The molecule has 0 aliphatic rings. The number of aromatic nitrogens is 3. The monoisotopic (exact) mass is 528 g/mol. The van der Waals surface area contributed by atoms with Crippen molar-refractivity contribution in [1.82, 2.24) is 14.8 Å². The Morgan fingerprint density at radius 1 is 0.923 bits per heavy atom. The van der Waals surface area contributed by atoms with Gasteiger partial charge in [0, 0.05) is 30.2 Å². The third-order valence-electron chi connectivity index (χ3n) is 3.22. The standard InChI is InChI=1S/C11H8N.C9H5F2N2.Pt/c1-2-6-10(7-3-1)11-8-4-5-9-12-11;10-7-2-3-9(8(11)6-7)13-5-1-4-12-13;/h1-6,8-9H;1-2,4-6H;/q2*-1;+2. The summed E-state index contributed by atoms with van der Waals surface area (Å²) < 4.78 is 26.9. The summed E-state index contributed by atoms with van der Waals surface area (Å²) in [5.41, 5.74) is 2.13. The third kappa shape index (κ3) is 5.17. The van der Waals surface area contributed by atoms with Crippen molar-refractivity contribution in [2.24, 2.45) is 0 Å². The largest absolute Gasteiger partial charge is 2.00 e. The first kappa shape index (κ1) is 19.7. The van der Waals surface area contributed by atoms with E-state index in [9.17, 15) is 8.78 Å². The number of benzene rings is 2. The Hall–Kier alpha value is -2.65. The molecule has 0 aliphatic heterocycles. The van der Waals surface area contributed by atoms with Crippen LogP contribution in [-0.2, 0) is 21.1 Å². The Morgan fingerprint density at radius 3 is 2.38 bits per heavy atom. The van der Waals surface area contributed by atoms with Gasteiger partial charge in [0.1, 0.15) is 0 Å². The van der Waals surface area contributed by atoms with Crippen LogP contribution in [0.4, 0.5) is 8.78 Å². The van der Waals surface area contributed by atoms with Gasteiger partial charge in [-0.3, -0.25) is 13.5 Å². The molecule has 0 fully saturated rings. The summed E-state index contributed by atoms with van der Waals surface area (Å²) in [6.07, 6.45) is 4.86. The Bertz CT molecular complexity index is 877. The first-order chi connectivity index (χ1) is 12.2. The van der Waals surface area contributed by atoms with Gasteiger partial charge in [-0.2, -0.15) is 11.2 Å². The van der Waals surface area contributed by atoms with Crippen LogP contribution in [0.15, 0.2) is 79.3 Å². The number of nitrogens with zero attached hydrogens (tertiary/aromatic N) is 3. The molecular formula is C20H13F2N3Pt. The van der Waals surface area contributed by atoms with Crippen LogP contribution >= 0.6 is 0 Å². The number of hydrogen-bond donors (Lipinski definition) is 0. The molecule has 0 unspecified atom stereocenters. The van der Waals surface area contributed by atoms with Crippen LogP contribution in [-0.4, -0.2) is 14.8 Å². The van der Waals surface area contributed by atoms with E-state index in [0.29, 0.717) is 0 Å². The second-order valence-corrected chi connectivity index (χ2v) is 4.96. The maximum atomic E-state index is 13.1. The average Bonchev–Trinajstić information content (AvgIpc) is 3.18. The zero-order valence-electron chi connectivity index (χ0n) is 13.4. The van der Waals surface area contributed by atoms with Crippen molar-refractivity contribution in [1.29, 1.82) is 0 Å². The van der Waals surface area contributed by atoms with Crippen molar-refractivity contribution in [2.75, 3.05) is 0 Å². The predicted octanol–water partition coefficient (Wildman–Crippen LogP) is 4.50. The van der Waals surface area contributed by atoms with Crippen LogP contribution in [0.2, 0.25) is 0 Å². The number of pyridine rings is 1. The number of rotatable bonds is 2. The predicted molar refractivity (Wildman–Crippen MR) is 90.8 cm³/mol. The minimum absolute atomic E-state index is 0. The summed E-state index contributed by atoms with van der Waals surface area (Å²) in [7, 11) is 0. The Labute approximate surface area is 164 Å². The molecule has 26 heavy (non-hydrogen) atoms. The molecule has 6 heteroatoms. The molecule has 2 aromatic carbocycles. The van der Waals surface area contributed by atoms with Crippen molar-refractivity contribution in [2.45, 2.75) is 0 Å². The van der Waals surface area contributed by atoms with E-state index in [2.05, 4.69) is 22.2 Å². The van der Waals surface area contributed by atoms with Crippen molar-refractivity contribution in [3.05, 3.63) is 103 Å². The van der Waals surface area contributed by atoms with Crippen molar-refractivity contribution in [3.63, 3.8) is 0 Å². The molecule has 0 saturated heterocycles. The average molecular weight is 528 g/mol. The molecule has 2 heterocycles. The molecule has 0 saturated carbocycles. The van der Waals surface area contributed by atoms with Crippen LogP contribution < -0.4 is 0 Å². The second-order valence-electron chi connectivity index (χ2n) is 4.96. The molecule has 4 aromatic rings. The number of hydrogen-bond acceptors (Lipinski definition) is 2. The van der Waals surface area contributed by atoms with Gasteiger partial charge in [-0.05, 0) is 23.5 Å². The molecular weight excluding hydrogens is 515 g/mol. The van der Waals surface area contributed by atoms with E-state index in [1.54, 1.807) is 18.5 Å². The summed E-state index contributed by atoms with van der Waals surface area (Å²) in [5.74, 6) is -1.32. The van der Waals surface area contributed by atoms with Gasteiger partial charge < -0.3 is 4.98 Å². The summed E-state index contributed by atoms with van der Waals surface area (Å²) in [6, 6.07) is 22.8. The second kappa shape index (κ2) is 9.73. The van der Waals surface area contributed by atoms with Crippen molar-refractivity contribution in [3.8, 4) is 16.9 Å². The van der Waals surface area contributed by atoms with Gasteiger partial charge in [0.25, 0.3) is 0 Å². The Kier molecular flexibility index (Phi) is 7.36. The summed E-state index contributed by atoms with van der Waals surface area (Å²) in [4.78, 5) is 4.22. The van der Waals surface area contributed by atoms with Gasteiger partial charge in [-0.15, -0.1) is 48.0 Å². The van der Waals surface area contributed by atoms with Crippen LogP contribution in [0.25, 0.3) is 16.9 Å². The first-order valence-electron chi connectivity index (χ1n) is 7.49. The summed E-state index contributed by atoms with van der Waals surface area (Å²) in [5, 5.41) is 3.80. The van der Waals surface area contributed by atoms with Gasteiger partial charge in [-0.25, -0.2) is 0 Å². The van der Waals surface area contributed by atoms with E-state index in [1.165, 1.54) is 10.9 Å². The maximum absolute atomic E-state index is 13.1. The van der Waals surface area contributed by atoms with E-state index < -0.39 is 11.6 Å². The fourth-order valence-electron chi connectivity index (χ4n) is 2.09. The Morgan fingerprint density at radius 2 is 1.77 bits per heavy atom. The topological polar surface area (TPSA) is 30.7 Å². The maximum Gasteiger partial charge on any atom is 2.00 e. The minimum Gasteiger partial charge on any atom is -0.305 e. The van der Waals surface area contributed by atoms with Gasteiger partial charge >= 0.3 is 21.1 Å². The van der Waals surface area contributed by atoms with Gasteiger partial charge in [0.15, 0.2) is 0 Å². The number of halogens is 2. The van der Waals surface area contributed by atoms with E-state index >= 15 is 0 Å². The quantitative estimate of drug-likeness (QED) is 0.359. The van der Waals surface area contributed by atoms with E-state index in [1.807, 2.05) is 42.5 Å². The minimum atomic E-state index is -0.677. The zero-order chi connectivity index (χ0) is 17.5. The van der Waals surface area contributed by atoms with Gasteiger partial charge in [0.2, 0.25) is 0 Å². The molecule has 0 radical (unpaired) electrons. The summed E-state index contributed by atoms with van der Waals surface area (Å²) >= 11 is 0. The van der Waals surface area contributed by atoms with Crippen molar-refractivity contribution < 1.29 is 29.8 Å². The Balaban J connectivity index is 0.000000180. The van der Waals surface area contributed by atoms with Gasteiger partial charge in [-0.1, -0.05) is 12.1 Å². The molecule has 4 rings (SSSR count). The zero-order valence-corrected chi connectivity index (χ0v) is 15.7. The van der Waals surface area contributed by atoms with Crippen LogP contribution in [0, 0.1) is 23.8 Å². The van der Waals surface area contributed by atoms with Crippen LogP contribution in [0.3, 0.4) is 0 Å². The molecule has 3 nitrogen and oxygen atoms in total. The first-order valence-corrected chi connectivity index (χ1v) is 7.49. The van der Waals surface area contributed by atoms with Crippen LogP contribution in [0.5, 0.6) is 0 Å². The van der Waals surface area contributed by atoms with Gasteiger partial charge in [0.05, 0.1) is 0 Å². The normalized spacial score (nSPS) is 9.62. The van der Waals surface area contributed by atoms with E-state index in [-0.39, 0.29) is 26.8 Å². The SMILES string of the molecule is Fc1c[c-]c(-n2cccn2)c(F)c1.[Pt+2].[c-]1ccccc1-c1ccccn1.